The highest BCUT2D eigenvalue weighted by Crippen LogP contribution is 2.18. The number of nitrogens with zero attached hydrogens (tertiary/aromatic N) is 1. The SMILES string of the molecule is O=C(CCCOc1cccc(Br)c1)NCc1ccccc1CN1CCCC1=O. The third-order valence-corrected chi connectivity index (χ3v) is 5.23. The van der Waals surface area contributed by atoms with E-state index in [2.05, 4.69) is 21.2 Å². The maximum absolute atomic E-state index is 12.2. The lowest BCUT2D eigenvalue weighted by Gasteiger charge is -2.18. The molecule has 2 amide bonds. The van der Waals surface area contributed by atoms with E-state index in [1.54, 1.807) is 0 Å². The zero-order chi connectivity index (χ0) is 19.8. The van der Waals surface area contributed by atoms with Crippen LogP contribution in [0.15, 0.2) is 53.0 Å². The van der Waals surface area contributed by atoms with Crippen molar-refractivity contribution >= 4 is 27.7 Å². The average Bonchev–Trinajstić information content (AvgIpc) is 3.09. The highest BCUT2D eigenvalue weighted by Gasteiger charge is 2.20. The molecule has 1 heterocycles. The molecule has 0 spiro atoms. The van der Waals surface area contributed by atoms with Crippen LogP contribution in [0.25, 0.3) is 0 Å². The molecule has 0 aliphatic carbocycles. The molecule has 0 atom stereocenters. The van der Waals surface area contributed by atoms with Crippen LogP contribution in [-0.4, -0.2) is 29.9 Å². The van der Waals surface area contributed by atoms with Crippen LogP contribution in [0, 0.1) is 0 Å². The summed E-state index contributed by atoms with van der Waals surface area (Å²) in [4.78, 5) is 25.9. The molecule has 1 saturated heterocycles. The second-order valence-electron chi connectivity index (χ2n) is 6.87. The zero-order valence-corrected chi connectivity index (χ0v) is 17.4. The predicted octanol–water partition coefficient (Wildman–Crippen LogP) is 4.05. The van der Waals surface area contributed by atoms with Crippen molar-refractivity contribution in [3.63, 3.8) is 0 Å². The Balaban J connectivity index is 1.41. The minimum Gasteiger partial charge on any atom is -0.494 e. The van der Waals surface area contributed by atoms with E-state index < -0.39 is 0 Å². The topological polar surface area (TPSA) is 58.6 Å². The van der Waals surface area contributed by atoms with E-state index >= 15 is 0 Å². The summed E-state index contributed by atoms with van der Waals surface area (Å²) < 4.78 is 6.63. The predicted molar refractivity (Wildman–Crippen MR) is 112 cm³/mol. The van der Waals surface area contributed by atoms with E-state index in [0.717, 1.165) is 34.3 Å². The number of likely N-dealkylation sites (tertiary alicyclic amines) is 1. The number of hydrogen-bond acceptors (Lipinski definition) is 3. The Hall–Kier alpha value is -2.34. The lowest BCUT2D eigenvalue weighted by Crippen LogP contribution is -2.26. The van der Waals surface area contributed by atoms with E-state index in [4.69, 9.17) is 4.74 Å². The van der Waals surface area contributed by atoms with Gasteiger partial charge in [0.2, 0.25) is 11.8 Å². The minimum absolute atomic E-state index is 0.00453. The van der Waals surface area contributed by atoms with Gasteiger partial charge in [0.1, 0.15) is 5.75 Å². The largest absolute Gasteiger partial charge is 0.494 e. The molecule has 0 radical (unpaired) electrons. The molecule has 1 fully saturated rings. The van der Waals surface area contributed by atoms with Crippen molar-refractivity contribution in [3.8, 4) is 5.75 Å². The van der Waals surface area contributed by atoms with Crippen LogP contribution < -0.4 is 10.1 Å². The second kappa shape index (κ2) is 10.3. The molecule has 3 rings (SSSR count). The van der Waals surface area contributed by atoms with Gasteiger partial charge in [0.15, 0.2) is 0 Å². The molecule has 148 valence electrons. The Bertz CT molecular complexity index is 825. The molecule has 28 heavy (non-hydrogen) atoms. The number of halogens is 1. The van der Waals surface area contributed by atoms with Gasteiger partial charge < -0.3 is 15.0 Å². The van der Waals surface area contributed by atoms with Crippen LogP contribution in [0.5, 0.6) is 5.75 Å². The molecule has 0 aromatic heterocycles. The van der Waals surface area contributed by atoms with Gasteiger partial charge in [-0.3, -0.25) is 9.59 Å². The summed E-state index contributed by atoms with van der Waals surface area (Å²) in [5.74, 6) is 1.01. The maximum atomic E-state index is 12.2. The Morgan fingerprint density at radius 2 is 1.96 bits per heavy atom. The van der Waals surface area contributed by atoms with Gasteiger partial charge in [-0.1, -0.05) is 46.3 Å². The number of nitrogens with one attached hydrogen (secondary N) is 1. The normalized spacial score (nSPS) is 13.6. The van der Waals surface area contributed by atoms with Crippen molar-refractivity contribution in [1.29, 1.82) is 0 Å². The number of ether oxygens (including phenoxy) is 1. The highest BCUT2D eigenvalue weighted by atomic mass is 79.9. The quantitative estimate of drug-likeness (QED) is 0.593. The van der Waals surface area contributed by atoms with Gasteiger partial charge >= 0.3 is 0 Å². The molecule has 2 aromatic rings. The average molecular weight is 445 g/mol. The second-order valence-corrected chi connectivity index (χ2v) is 7.79. The van der Waals surface area contributed by atoms with Crippen LogP contribution in [0.1, 0.15) is 36.8 Å². The van der Waals surface area contributed by atoms with Crippen LogP contribution >= 0.6 is 15.9 Å². The fourth-order valence-corrected chi connectivity index (χ4v) is 3.60. The summed E-state index contributed by atoms with van der Waals surface area (Å²) in [6, 6.07) is 15.6. The summed E-state index contributed by atoms with van der Waals surface area (Å²) in [7, 11) is 0. The maximum Gasteiger partial charge on any atom is 0.222 e. The van der Waals surface area contributed by atoms with Crippen molar-refractivity contribution in [3.05, 3.63) is 64.1 Å². The number of benzene rings is 2. The van der Waals surface area contributed by atoms with Crippen molar-refractivity contribution in [2.24, 2.45) is 0 Å². The molecule has 1 aliphatic heterocycles. The van der Waals surface area contributed by atoms with Gasteiger partial charge in [0.05, 0.1) is 6.61 Å². The fraction of sp³-hybridized carbons (Fsp3) is 0.364. The first-order valence-corrected chi connectivity index (χ1v) is 10.4. The number of hydrogen-bond donors (Lipinski definition) is 1. The third kappa shape index (κ3) is 6.09. The molecule has 1 aliphatic rings. The van der Waals surface area contributed by atoms with Crippen LogP contribution in [-0.2, 0) is 22.7 Å². The molecular formula is C22H25BrN2O3. The molecule has 0 unspecified atom stereocenters. The van der Waals surface area contributed by atoms with Gasteiger partial charge in [0.25, 0.3) is 0 Å². The van der Waals surface area contributed by atoms with E-state index in [9.17, 15) is 9.59 Å². The Kier molecular flexibility index (Phi) is 7.48. The van der Waals surface area contributed by atoms with E-state index in [0.29, 0.717) is 39.0 Å². The van der Waals surface area contributed by atoms with Gasteiger partial charge in [-0.2, -0.15) is 0 Å². The minimum atomic E-state index is 0.00453. The zero-order valence-electron chi connectivity index (χ0n) is 15.8. The van der Waals surface area contributed by atoms with E-state index in [1.165, 1.54) is 0 Å². The Morgan fingerprint density at radius 1 is 1.14 bits per heavy atom. The highest BCUT2D eigenvalue weighted by molar-refractivity contribution is 9.10. The van der Waals surface area contributed by atoms with Gasteiger partial charge in [-0.25, -0.2) is 0 Å². The first kappa shape index (κ1) is 20.4. The molecule has 0 bridgehead atoms. The Morgan fingerprint density at radius 3 is 2.71 bits per heavy atom. The van der Waals surface area contributed by atoms with Crippen LogP contribution in [0.4, 0.5) is 0 Å². The number of carbonyl (C=O) groups is 2. The first-order chi connectivity index (χ1) is 13.6. The number of carbonyl (C=O) groups excluding carboxylic acids is 2. The summed E-state index contributed by atoms with van der Waals surface area (Å²) >= 11 is 3.41. The third-order valence-electron chi connectivity index (χ3n) is 4.74. The van der Waals surface area contributed by atoms with Crippen molar-refractivity contribution in [2.45, 2.75) is 38.8 Å². The lowest BCUT2D eigenvalue weighted by atomic mass is 10.1. The summed E-state index contributed by atoms with van der Waals surface area (Å²) in [5.41, 5.74) is 2.15. The molecule has 1 N–H and O–H groups in total. The van der Waals surface area contributed by atoms with Gasteiger partial charge in [-0.05, 0) is 42.2 Å². The van der Waals surface area contributed by atoms with Crippen LogP contribution in [0.3, 0.4) is 0 Å². The van der Waals surface area contributed by atoms with Gasteiger partial charge in [0, 0.05) is 36.9 Å². The lowest BCUT2D eigenvalue weighted by molar-refractivity contribution is -0.128. The number of amides is 2. The molecule has 5 nitrogen and oxygen atoms in total. The fourth-order valence-electron chi connectivity index (χ4n) is 3.22. The summed E-state index contributed by atoms with van der Waals surface area (Å²) in [6.45, 7) is 2.41. The van der Waals surface area contributed by atoms with Crippen molar-refractivity contribution in [1.82, 2.24) is 10.2 Å². The first-order valence-electron chi connectivity index (χ1n) is 9.61. The molecule has 2 aromatic carbocycles. The standard InChI is InChI=1S/C22H25BrN2O3/c23-19-8-3-9-20(14-19)28-13-5-10-21(26)24-15-17-6-1-2-7-18(17)16-25-12-4-11-22(25)27/h1-3,6-9,14H,4-5,10-13,15-16H2,(H,24,26). The van der Waals surface area contributed by atoms with Gasteiger partial charge in [-0.15, -0.1) is 0 Å². The molecule has 6 heteroatoms. The van der Waals surface area contributed by atoms with Crippen molar-refractivity contribution in [2.75, 3.05) is 13.2 Å². The number of rotatable bonds is 9. The molecular weight excluding hydrogens is 420 g/mol. The van der Waals surface area contributed by atoms with Crippen LogP contribution in [0.2, 0.25) is 0 Å². The summed E-state index contributed by atoms with van der Waals surface area (Å²) in [5, 5.41) is 2.98. The summed E-state index contributed by atoms with van der Waals surface area (Å²) in [6.07, 6.45) is 2.64. The van der Waals surface area contributed by atoms with E-state index in [1.807, 2.05) is 53.4 Å². The molecule has 0 saturated carbocycles. The van der Waals surface area contributed by atoms with Crippen molar-refractivity contribution < 1.29 is 14.3 Å². The van der Waals surface area contributed by atoms with E-state index in [-0.39, 0.29) is 11.8 Å². The monoisotopic (exact) mass is 444 g/mol. The Labute approximate surface area is 174 Å². The smallest absolute Gasteiger partial charge is 0.222 e.